The molecule has 4 rings (SSSR count). The number of rotatable bonds is 6. The summed E-state index contributed by atoms with van der Waals surface area (Å²) in [7, 11) is 0. The van der Waals surface area contributed by atoms with Crippen LogP contribution < -0.4 is 15.5 Å². The Morgan fingerprint density at radius 1 is 1.07 bits per heavy atom. The Labute approximate surface area is 169 Å². The Balaban J connectivity index is 1.45. The minimum atomic E-state index is -0.169. The van der Waals surface area contributed by atoms with E-state index in [2.05, 4.69) is 25.5 Å². The smallest absolute Gasteiger partial charge is 0.255 e. The number of para-hydroxylation sites is 2. The average Bonchev–Trinajstić information content (AvgIpc) is 2.79. The van der Waals surface area contributed by atoms with Crippen molar-refractivity contribution in [3.63, 3.8) is 0 Å². The lowest BCUT2D eigenvalue weighted by atomic mass is 10.2. The third-order valence-electron chi connectivity index (χ3n) is 4.72. The highest BCUT2D eigenvalue weighted by atomic mass is 16.5. The number of pyridine rings is 2. The van der Waals surface area contributed by atoms with Crippen LogP contribution in [0.4, 0.5) is 17.2 Å². The molecule has 0 radical (unpaired) electrons. The van der Waals surface area contributed by atoms with Crippen molar-refractivity contribution in [2.24, 2.45) is 0 Å². The molecule has 29 heavy (non-hydrogen) atoms. The van der Waals surface area contributed by atoms with Gasteiger partial charge >= 0.3 is 0 Å². The Hall–Kier alpha value is -3.45. The van der Waals surface area contributed by atoms with Crippen molar-refractivity contribution < 1.29 is 9.53 Å². The summed E-state index contributed by atoms with van der Waals surface area (Å²) in [5, 5.41) is 6.27. The first-order chi connectivity index (χ1) is 14.3. The monoisotopic (exact) mass is 389 g/mol. The lowest BCUT2D eigenvalue weighted by molar-refractivity contribution is 0.102. The molecule has 0 saturated carbocycles. The van der Waals surface area contributed by atoms with Crippen molar-refractivity contribution in [2.45, 2.75) is 6.54 Å². The van der Waals surface area contributed by atoms with Gasteiger partial charge in [-0.3, -0.25) is 9.78 Å². The molecule has 1 aliphatic heterocycles. The summed E-state index contributed by atoms with van der Waals surface area (Å²) in [6.07, 6.45) is 5.17. The lowest BCUT2D eigenvalue weighted by Crippen LogP contribution is -2.36. The Bertz CT molecular complexity index is 958. The van der Waals surface area contributed by atoms with Crippen LogP contribution in [0.1, 0.15) is 15.9 Å². The van der Waals surface area contributed by atoms with Crippen molar-refractivity contribution in [1.29, 1.82) is 0 Å². The Kier molecular flexibility index (Phi) is 5.97. The molecular formula is C22H23N5O2. The minimum absolute atomic E-state index is 0.169. The molecule has 0 spiro atoms. The molecule has 3 aromatic rings. The number of nitrogens with zero attached hydrogens (tertiary/aromatic N) is 3. The number of anilines is 3. The molecule has 7 nitrogen and oxygen atoms in total. The fourth-order valence-corrected chi connectivity index (χ4v) is 3.22. The Morgan fingerprint density at radius 2 is 1.93 bits per heavy atom. The SMILES string of the molecule is O=C(Nc1ccccc1N1CCOCC1)c1ccnc(NCc2cccnc2)c1. The zero-order valence-electron chi connectivity index (χ0n) is 16.0. The second kappa shape index (κ2) is 9.16. The van der Waals surface area contributed by atoms with Gasteiger partial charge in [-0.1, -0.05) is 18.2 Å². The van der Waals surface area contributed by atoms with E-state index in [1.807, 2.05) is 36.4 Å². The highest BCUT2D eigenvalue weighted by Gasteiger charge is 2.16. The topological polar surface area (TPSA) is 79.4 Å². The zero-order chi connectivity index (χ0) is 19.9. The van der Waals surface area contributed by atoms with E-state index in [9.17, 15) is 4.79 Å². The molecule has 1 fully saturated rings. The number of carbonyl (C=O) groups is 1. The molecule has 0 bridgehead atoms. The number of ether oxygens (including phenoxy) is 1. The first-order valence-corrected chi connectivity index (χ1v) is 9.61. The van der Waals surface area contributed by atoms with Gasteiger partial charge in [0.2, 0.25) is 0 Å². The van der Waals surface area contributed by atoms with E-state index in [1.54, 1.807) is 30.7 Å². The molecular weight excluding hydrogens is 366 g/mol. The molecule has 2 N–H and O–H groups in total. The molecule has 3 heterocycles. The van der Waals surface area contributed by atoms with E-state index in [1.165, 1.54) is 0 Å². The predicted molar refractivity (Wildman–Crippen MR) is 113 cm³/mol. The molecule has 7 heteroatoms. The van der Waals surface area contributed by atoms with E-state index in [0.717, 1.165) is 30.0 Å². The molecule has 1 amide bonds. The Morgan fingerprint density at radius 3 is 2.76 bits per heavy atom. The van der Waals surface area contributed by atoms with Crippen molar-refractivity contribution >= 4 is 23.1 Å². The van der Waals surface area contributed by atoms with Crippen LogP contribution in [0.5, 0.6) is 0 Å². The molecule has 1 saturated heterocycles. The van der Waals surface area contributed by atoms with Gasteiger partial charge in [-0.25, -0.2) is 4.98 Å². The van der Waals surface area contributed by atoms with E-state index >= 15 is 0 Å². The molecule has 0 unspecified atom stereocenters. The van der Waals surface area contributed by atoms with Crippen molar-refractivity contribution in [3.05, 3.63) is 78.2 Å². The number of hydrogen-bond donors (Lipinski definition) is 2. The standard InChI is InChI=1S/C22H23N5O2/c28-22(26-19-5-1-2-6-20(19)27-10-12-29-13-11-27)18-7-9-24-21(14-18)25-16-17-4-3-8-23-15-17/h1-9,14-15H,10-13,16H2,(H,24,25)(H,26,28). The zero-order valence-corrected chi connectivity index (χ0v) is 16.0. The van der Waals surface area contributed by atoms with E-state index in [0.29, 0.717) is 31.1 Å². The maximum absolute atomic E-state index is 12.9. The van der Waals surface area contributed by atoms with Crippen LogP contribution in [-0.2, 0) is 11.3 Å². The first-order valence-electron chi connectivity index (χ1n) is 9.61. The van der Waals surface area contributed by atoms with Gasteiger partial charge in [0.15, 0.2) is 0 Å². The summed E-state index contributed by atoms with van der Waals surface area (Å²) in [6, 6.07) is 15.2. The molecule has 0 atom stereocenters. The van der Waals surface area contributed by atoms with Crippen LogP contribution in [-0.4, -0.2) is 42.2 Å². The molecule has 1 aliphatic rings. The van der Waals surface area contributed by atoms with Crippen LogP contribution in [0, 0.1) is 0 Å². The summed E-state index contributed by atoms with van der Waals surface area (Å²) < 4.78 is 5.43. The fraction of sp³-hybridized carbons (Fsp3) is 0.227. The van der Waals surface area contributed by atoms with Crippen LogP contribution >= 0.6 is 0 Å². The van der Waals surface area contributed by atoms with Gasteiger partial charge in [-0.05, 0) is 35.9 Å². The average molecular weight is 389 g/mol. The number of morpholine rings is 1. The number of benzene rings is 1. The quantitative estimate of drug-likeness (QED) is 0.674. The second-order valence-electron chi connectivity index (χ2n) is 6.72. The number of hydrogen-bond acceptors (Lipinski definition) is 6. The predicted octanol–water partition coefficient (Wildman–Crippen LogP) is 3.18. The van der Waals surface area contributed by atoms with E-state index in [-0.39, 0.29) is 5.91 Å². The van der Waals surface area contributed by atoms with Gasteiger partial charge in [-0.15, -0.1) is 0 Å². The molecule has 148 valence electrons. The van der Waals surface area contributed by atoms with Gasteiger partial charge in [0.1, 0.15) is 5.82 Å². The number of amides is 1. The fourth-order valence-electron chi connectivity index (χ4n) is 3.22. The van der Waals surface area contributed by atoms with E-state index in [4.69, 9.17) is 4.74 Å². The van der Waals surface area contributed by atoms with Crippen molar-refractivity contribution in [3.8, 4) is 0 Å². The lowest BCUT2D eigenvalue weighted by Gasteiger charge is -2.30. The second-order valence-corrected chi connectivity index (χ2v) is 6.72. The molecule has 1 aromatic carbocycles. The van der Waals surface area contributed by atoms with Gasteiger partial charge in [0.05, 0.1) is 24.6 Å². The van der Waals surface area contributed by atoms with Crippen LogP contribution in [0.3, 0.4) is 0 Å². The summed E-state index contributed by atoms with van der Waals surface area (Å²) >= 11 is 0. The summed E-state index contributed by atoms with van der Waals surface area (Å²) in [5.41, 5.74) is 3.39. The van der Waals surface area contributed by atoms with Crippen LogP contribution in [0.2, 0.25) is 0 Å². The molecule has 2 aromatic heterocycles. The van der Waals surface area contributed by atoms with Gasteiger partial charge in [-0.2, -0.15) is 0 Å². The third-order valence-corrected chi connectivity index (χ3v) is 4.72. The highest BCUT2D eigenvalue weighted by molar-refractivity contribution is 6.06. The highest BCUT2D eigenvalue weighted by Crippen LogP contribution is 2.27. The van der Waals surface area contributed by atoms with Crippen molar-refractivity contribution in [1.82, 2.24) is 9.97 Å². The maximum Gasteiger partial charge on any atom is 0.255 e. The largest absolute Gasteiger partial charge is 0.378 e. The summed E-state index contributed by atoms with van der Waals surface area (Å²) in [5.74, 6) is 0.473. The number of aromatic nitrogens is 2. The van der Waals surface area contributed by atoms with Gasteiger partial charge < -0.3 is 20.3 Å². The van der Waals surface area contributed by atoms with Crippen LogP contribution in [0.15, 0.2) is 67.1 Å². The van der Waals surface area contributed by atoms with Gasteiger partial charge in [0, 0.05) is 43.8 Å². The number of nitrogens with one attached hydrogen (secondary N) is 2. The maximum atomic E-state index is 12.9. The summed E-state index contributed by atoms with van der Waals surface area (Å²) in [4.78, 5) is 23.5. The van der Waals surface area contributed by atoms with Crippen molar-refractivity contribution in [2.75, 3.05) is 41.8 Å². The normalized spacial score (nSPS) is 13.7. The third kappa shape index (κ3) is 4.89. The summed E-state index contributed by atoms with van der Waals surface area (Å²) in [6.45, 7) is 3.60. The number of carbonyl (C=O) groups excluding carboxylic acids is 1. The first kappa shape index (κ1) is 18.9. The van der Waals surface area contributed by atoms with E-state index < -0.39 is 0 Å². The van der Waals surface area contributed by atoms with Gasteiger partial charge in [0.25, 0.3) is 5.91 Å². The minimum Gasteiger partial charge on any atom is -0.378 e. The molecule has 0 aliphatic carbocycles. The van der Waals surface area contributed by atoms with Crippen LogP contribution in [0.25, 0.3) is 0 Å².